The van der Waals surface area contributed by atoms with Crippen LogP contribution in [-0.2, 0) is 9.53 Å². The summed E-state index contributed by atoms with van der Waals surface area (Å²) in [6, 6.07) is 0.514. The predicted octanol–water partition coefficient (Wildman–Crippen LogP) is 2.10. The molecule has 2 N–H and O–H groups in total. The number of rotatable bonds is 8. The Morgan fingerprint density at radius 2 is 2.25 bits per heavy atom. The van der Waals surface area contributed by atoms with Crippen molar-refractivity contribution in [2.24, 2.45) is 0 Å². The second kappa shape index (κ2) is 7.66. The Kier molecular flexibility index (Phi) is 6.18. The molecule has 0 amide bonds. The molecule has 2 saturated carbocycles. The molecule has 0 aromatic carbocycles. The summed E-state index contributed by atoms with van der Waals surface area (Å²) >= 11 is 1.90. The number of aliphatic hydroxyl groups excluding tert-OH is 1. The first kappa shape index (κ1) is 16.1. The van der Waals surface area contributed by atoms with Gasteiger partial charge in [-0.25, -0.2) is 0 Å². The van der Waals surface area contributed by atoms with Crippen LogP contribution in [0.15, 0.2) is 0 Å². The third-order valence-corrected chi connectivity index (χ3v) is 5.48. The molecule has 20 heavy (non-hydrogen) atoms. The van der Waals surface area contributed by atoms with Gasteiger partial charge in [0.2, 0.25) is 0 Å². The molecule has 0 spiro atoms. The first-order chi connectivity index (χ1) is 9.70. The molecule has 0 bridgehead atoms. The Hall–Kier alpha value is -0.260. The average Bonchev–Trinajstić information content (AvgIpc) is 3.23. The third kappa shape index (κ3) is 4.37. The van der Waals surface area contributed by atoms with Crippen LogP contribution in [0.2, 0.25) is 0 Å². The van der Waals surface area contributed by atoms with E-state index in [4.69, 9.17) is 9.84 Å². The van der Waals surface area contributed by atoms with Gasteiger partial charge in [-0.05, 0) is 57.6 Å². The van der Waals surface area contributed by atoms with Gasteiger partial charge in [-0.3, -0.25) is 10.1 Å². The highest BCUT2D eigenvalue weighted by Crippen LogP contribution is 2.38. The third-order valence-electron chi connectivity index (χ3n) is 4.09. The number of carbonyl (C=O) groups is 1. The molecule has 2 aliphatic rings. The van der Waals surface area contributed by atoms with Crippen LogP contribution in [0.4, 0.5) is 0 Å². The lowest BCUT2D eigenvalue weighted by Crippen LogP contribution is -2.57. The molecular formula is C15H27NO3S. The zero-order valence-electron chi connectivity index (χ0n) is 12.4. The largest absolute Gasteiger partial charge is 0.465 e. The lowest BCUT2D eigenvalue weighted by Gasteiger charge is -2.39. The van der Waals surface area contributed by atoms with Gasteiger partial charge < -0.3 is 9.84 Å². The number of nitrogens with one attached hydrogen (secondary N) is 1. The molecule has 2 rings (SSSR count). The smallest absolute Gasteiger partial charge is 0.326 e. The summed E-state index contributed by atoms with van der Waals surface area (Å²) < 4.78 is 5.34. The number of esters is 1. The zero-order valence-corrected chi connectivity index (χ0v) is 13.2. The van der Waals surface area contributed by atoms with Gasteiger partial charge in [0.1, 0.15) is 5.54 Å². The van der Waals surface area contributed by atoms with Crippen LogP contribution in [0.1, 0.15) is 51.9 Å². The van der Waals surface area contributed by atoms with E-state index in [0.29, 0.717) is 17.9 Å². The van der Waals surface area contributed by atoms with Crippen molar-refractivity contribution in [2.75, 3.05) is 19.0 Å². The van der Waals surface area contributed by atoms with Crippen molar-refractivity contribution in [2.45, 2.75) is 68.7 Å². The van der Waals surface area contributed by atoms with E-state index in [9.17, 15) is 4.79 Å². The molecule has 2 atom stereocenters. The van der Waals surface area contributed by atoms with E-state index < -0.39 is 5.54 Å². The number of ether oxygens (including phenoxy) is 1. The summed E-state index contributed by atoms with van der Waals surface area (Å²) in [6.07, 6.45) is 7.23. The minimum absolute atomic E-state index is 0.0561. The van der Waals surface area contributed by atoms with Crippen molar-refractivity contribution in [1.29, 1.82) is 0 Å². The summed E-state index contributed by atoms with van der Waals surface area (Å²) in [5, 5.41) is 13.0. The van der Waals surface area contributed by atoms with Crippen molar-refractivity contribution in [3.8, 4) is 0 Å². The van der Waals surface area contributed by atoms with Crippen molar-refractivity contribution in [3.05, 3.63) is 0 Å². The molecule has 2 fully saturated rings. The van der Waals surface area contributed by atoms with E-state index in [1.165, 1.54) is 19.3 Å². The minimum atomic E-state index is -0.452. The van der Waals surface area contributed by atoms with E-state index in [0.717, 1.165) is 31.4 Å². The van der Waals surface area contributed by atoms with Crippen LogP contribution in [-0.4, -0.2) is 46.9 Å². The van der Waals surface area contributed by atoms with E-state index >= 15 is 0 Å². The molecule has 0 aromatic rings. The Labute approximate surface area is 126 Å². The summed E-state index contributed by atoms with van der Waals surface area (Å²) in [6.45, 7) is 2.58. The van der Waals surface area contributed by atoms with Crippen molar-refractivity contribution >= 4 is 17.7 Å². The molecule has 2 aliphatic carbocycles. The SMILES string of the molecule is CCOC(=O)C1(NC2CC2)CCCC(SCCCO)C1. The summed E-state index contributed by atoms with van der Waals surface area (Å²) in [4.78, 5) is 12.4. The fourth-order valence-electron chi connectivity index (χ4n) is 2.94. The van der Waals surface area contributed by atoms with Crippen LogP contribution in [0.3, 0.4) is 0 Å². The molecule has 0 aliphatic heterocycles. The fraction of sp³-hybridized carbons (Fsp3) is 0.933. The Morgan fingerprint density at radius 3 is 2.90 bits per heavy atom. The topological polar surface area (TPSA) is 58.6 Å². The van der Waals surface area contributed by atoms with Crippen molar-refractivity contribution in [3.63, 3.8) is 0 Å². The summed E-state index contributed by atoms with van der Waals surface area (Å²) in [5.41, 5.74) is -0.452. The Balaban J connectivity index is 1.95. The quantitative estimate of drug-likeness (QED) is 0.531. The molecule has 0 aromatic heterocycles. The van der Waals surface area contributed by atoms with Crippen molar-refractivity contribution < 1.29 is 14.6 Å². The van der Waals surface area contributed by atoms with Crippen molar-refractivity contribution in [1.82, 2.24) is 5.32 Å². The van der Waals surface area contributed by atoms with Gasteiger partial charge in [0, 0.05) is 17.9 Å². The molecular weight excluding hydrogens is 274 g/mol. The second-order valence-corrected chi connectivity index (χ2v) is 7.30. The van der Waals surface area contributed by atoms with Crippen LogP contribution >= 0.6 is 11.8 Å². The highest BCUT2D eigenvalue weighted by Gasteiger charge is 2.46. The first-order valence-corrected chi connectivity index (χ1v) is 8.92. The first-order valence-electron chi connectivity index (χ1n) is 7.87. The van der Waals surface area contributed by atoms with E-state index in [1.54, 1.807) is 0 Å². The molecule has 5 heteroatoms. The number of hydrogen-bond acceptors (Lipinski definition) is 5. The maximum atomic E-state index is 12.4. The minimum Gasteiger partial charge on any atom is -0.465 e. The molecule has 116 valence electrons. The van der Waals surface area contributed by atoms with Crippen LogP contribution in [0.5, 0.6) is 0 Å². The predicted molar refractivity (Wildman–Crippen MR) is 81.9 cm³/mol. The summed E-state index contributed by atoms with van der Waals surface area (Å²) in [5.74, 6) is 0.920. The van der Waals surface area contributed by atoms with Crippen LogP contribution < -0.4 is 5.32 Å². The van der Waals surface area contributed by atoms with Gasteiger partial charge >= 0.3 is 5.97 Å². The van der Waals surface area contributed by atoms with Gasteiger partial charge in [-0.1, -0.05) is 0 Å². The van der Waals surface area contributed by atoms with Gasteiger partial charge in [-0.2, -0.15) is 11.8 Å². The maximum absolute atomic E-state index is 12.4. The molecule has 4 nitrogen and oxygen atoms in total. The standard InChI is InChI=1S/C15H27NO3S/c1-2-19-14(18)15(16-12-6-7-12)8-3-5-13(11-15)20-10-4-9-17/h12-13,16-17H,2-11H2,1H3. The second-order valence-electron chi connectivity index (χ2n) is 5.89. The molecule has 0 heterocycles. The molecule has 0 radical (unpaired) electrons. The lowest BCUT2D eigenvalue weighted by atomic mass is 9.81. The lowest BCUT2D eigenvalue weighted by molar-refractivity contribution is -0.152. The van der Waals surface area contributed by atoms with E-state index in [-0.39, 0.29) is 12.6 Å². The highest BCUT2D eigenvalue weighted by molar-refractivity contribution is 7.99. The number of aliphatic hydroxyl groups is 1. The van der Waals surface area contributed by atoms with Gasteiger partial charge in [-0.15, -0.1) is 0 Å². The Morgan fingerprint density at radius 1 is 1.45 bits per heavy atom. The highest BCUT2D eigenvalue weighted by atomic mass is 32.2. The number of thioether (sulfide) groups is 1. The van der Waals surface area contributed by atoms with Gasteiger partial charge in [0.15, 0.2) is 0 Å². The number of carbonyl (C=O) groups excluding carboxylic acids is 1. The molecule has 0 saturated heterocycles. The summed E-state index contributed by atoms with van der Waals surface area (Å²) in [7, 11) is 0. The van der Waals surface area contributed by atoms with Crippen LogP contribution in [0, 0.1) is 0 Å². The molecule has 2 unspecified atom stereocenters. The normalized spacial score (nSPS) is 30.2. The Bertz CT molecular complexity index is 322. The average molecular weight is 301 g/mol. The zero-order chi connectivity index (χ0) is 14.4. The maximum Gasteiger partial charge on any atom is 0.326 e. The van der Waals surface area contributed by atoms with Crippen LogP contribution in [0.25, 0.3) is 0 Å². The van der Waals surface area contributed by atoms with E-state index in [1.807, 2.05) is 18.7 Å². The monoisotopic (exact) mass is 301 g/mol. The fourth-order valence-corrected chi connectivity index (χ4v) is 4.31. The number of hydrogen-bond donors (Lipinski definition) is 2. The van der Waals surface area contributed by atoms with Gasteiger partial charge in [0.05, 0.1) is 6.61 Å². The van der Waals surface area contributed by atoms with Gasteiger partial charge in [0.25, 0.3) is 0 Å². The van der Waals surface area contributed by atoms with E-state index in [2.05, 4.69) is 5.32 Å².